The third-order valence-electron chi connectivity index (χ3n) is 3.32. The smallest absolute Gasteiger partial charge is 0.247 e. The number of nitrogens with one attached hydrogen (secondary N) is 1. The lowest BCUT2D eigenvalue weighted by molar-refractivity contribution is -0.125. The minimum Gasteiger partial charge on any atom is -0.382 e. The van der Waals surface area contributed by atoms with Crippen molar-refractivity contribution in [2.24, 2.45) is 11.7 Å². The number of hydrogen-bond donors (Lipinski definition) is 3. The van der Waals surface area contributed by atoms with Crippen molar-refractivity contribution < 1.29 is 9.90 Å². The van der Waals surface area contributed by atoms with Crippen LogP contribution in [-0.2, 0) is 4.79 Å². The lowest BCUT2D eigenvalue weighted by Gasteiger charge is -2.28. The third kappa shape index (κ3) is 4.18. The summed E-state index contributed by atoms with van der Waals surface area (Å²) < 4.78 is 0. The summed E-state index contributed by atoms with van der Waals surface area (Å²) in [5.74, 6) is 0.0252. The molecule has 2 unspecified atom stereocenters. The van der Waals surface area contributed by atoms with Crippen molar-refractivity contribution in [1.29, 1.82) is 0 Å². The molecule has 1 amide bonds. The Morgan fingerprint density at radius 1 is 1.47 bits per heavy atom. The Kier molecular flexibility index (Phi) is 5.05. The summed E-state index contributed by atoms with van der Waals surface area (Å²) in [4.78, 5) is 10.6. The molecule has 1 aliphatic rings. The second-order valence-electron chi connectivity index (χ2n) is 4.51. The van der Waals surface area contributed by atoms with Crippen LogP contribution in [0.1, 0.15) is 39.0 Å². The van der Waals surface area contributed by atoms with Crippen LogP contribution in [0.5, 0.6) is 0 Å². The van der Waals surface area contributed by atoms with Crippen molar-refractivity contribution in [3.05, 3.63) is 0 Å². The van der Waals surface area contributed by atoms with Gasteiger partial charge in [0.2, 0.25) is 5.91 Å². The number of hydrogen-bond acceptors (Lipinski definition) is 3. The van der Waals surface area contributed by atoms with Crippen molar-refractivity contribution in [3.63, 3.8) is 0 Å². The number of nitrogens with two attached hydrogens (primary N) is 1. The monoisotopic (exact) mass is 214 g/mol. The van der Waals surface area contributed by atoms with Gasteiger partial charge in [-0.1, -0.05) is 19.3 Å². The van der Waals surface area contributed by atoms with Crippen molar-refractivity contribution in [2.45, 2.75) is 51.2 Å². The van der Waals surface area contributed by atoms with Crippen molar-refractivity contribution in [3.8, 4) is 0 Å². The number of amides is 1. The van der Waals surface area contributed by atoms with Gasteiger partial charge in [0.25, 0.3) is 0 Å². The summed E-state index contributed by atoms with van der Waals surface area (Å²) >= 11 is 0. The molecule has 4 nitrogen and oxygen atoms in total. The Hall–Kier alpha value is -0.610. The predicted octanol–water partition coefficient (Wildman–Crippen LogP) is 0.391. The van der Waals surface area contributed by atoms with E-state index in [0.717, 1.165) is 0 Å². The van der Waals surface area contributed by atoms with Crippen LogP contribution in [0.15, 0.2) is 0 Å². The van der Waals surface area contributed by atoms with E-state index in [1.54, 1.807) is 0 Å². The third-order valence-corrected chi connectivity index (χ3v) is 3.32. The van der Waals surface area contributed by atoms with E-state index < -0.39 is 12.0 Å². The molecule has 0 aliphatic heterocycles. The summed E-state index contributed by atoms with van der Waals surface area (Å²) in [5, 5.41) is 12.4. The zero-order valence-electron chi connectivity index (χ0n) is 9.41. The molecule has 0 aromatic heterocycles. The zero-order valence-corrected chi connectivity index (χ0v) is 9.41. The van der Waals surface area contributed by atoms with Gasteiger partial charge in [0.05, 0.1) is 0 Å². The molecule has 15 heavy (non-hydrogen) atoms. The molecule has 0 radical (unpaired) electrons. The summed E-state index contributed by atoms with van der Waals surface area (Å²) in [6.45, 7) is 2.39. The quantitative estimate of drug-likeness (QED) is 0.619. The Morgan fingerprint density at radius 2 is 2.07 bits per heavy atom. The fraction of sp³-hybridized carbons (Fsp3) is 0.909. The number of carbonyl (C=O) groups is 1. The Balaban J connectivity index is 2.22. The Bertz CT molecular complexity index is 203. The SMILES string of the molecule is CC(NCC(O)C(N)=O)C1CCCCC1. The van der Waals surface area contributed by atoms with Crippen molar-refractivity contribution >= 4 is 5.91 Å². The Labute approximate surface area is 91.2 Å². The average Bonchev–Trinajstić information content (AvgIpc) is 2.26. The van der Waals surface area contributed by atoms with Crippen LogP contribution in [0.3, 0.4) is 0 Å². The van der Waals surface area contributed by atoms with Crippen molar-refractivity contribution in [2.75, 3.05) is 6.54 Å². The average molecular weight is 214 g/mol. The molecule has 0 bridgehead atoms. The molecule has 2 atom stereocenters. The second-order valence-corrected chi connectivity index (χ2v) is 4.51. The molecule has 0 saturated heterocycles. The lowest BCUT2D eigenvalue weighted by Crippen LogP contribution is -2.43. The molecule has 0 spiro atoms. The number of aliphatic hydroxyl groups is 1. The van der Waals surface area contributed by atoms with Gasteiger partial charge in [-0.15, -0.1) is 0 Å². The van der Waals surface area contributed by atoms with Gasteiger partial charge in [0.15, 0.2) is 0 Å². The highest BCUT2D eigenvalue weighted by molar-refractivity contribution is 5.78. The van der Waals surface area contributed by atoms with E-state index in [4.69, 9.17) is 5.73 Å². The van der Waals surface area contributed by atoms with E-state index >= 15 is 0 Å². The van der Waals surface area contributed by atoms with Gasteiger partial charge in [-0.2, -0.15) is 0 Å². The summed E-state index contributed by atoms with van der Waals surface area (Å²) in [5.41, 5.74) is 4.97. The first-order valence-corrected chi connectivity index (χ1v) is 5.82. The molecule has 0 aromatic carbocycles. The first-order chi connectivity index (χ1) is 7.11. The van der Waals surface area contributed by atoms with Crippen molar-refractivity contribution in [1.82, 2.24) is 5.32 Å². The van der Waals surface area contributed by atoms with E-state index in [-0.39, 0.29) is 6.54 Å². The largest absolute Gasteiger partial charge is 0.382 e. The van der Waals surface area contributed by atoms with Crippen LogP contribution < -0.4 is 11.1 Å². The zero-order chi connectivity index (χ0) is 11.3. The molecule has 1 saturated carbocycles. The standard InChI is InChI=1S/C11H22N2O2/c1-8(9-5-3-2-4-6-9)13-7-10(14)11(12)15/h8-10,13-14H,2-7H2,1H3,(H2,12,15). The topological polar surface area (TPSA) is 75.3 Å². The summed E-state index contributed by atoms with van der Waals surface area (Å²) in [6.07, 6.45) is 5.38. The van der Waals surface area contributed by atoms with Gasteiger partial charge in [0.1, 0.15) is 6.10 Å². The molecule has 4 N–H and O–H groups in total. The van der Waals surface area contributed by atoms with E-state index in [1.165, 1.54) is 32.1 Å². The first-order valence-electron chi connectivity index (χ1n) is 5.82. The van der Waals surface area contributed by atoms with Gasteiger partial charge >= 0.3 is 0 Å². The van der Waals surface area contributed by atoms with Crippen LogP contribution in [0, 0.1) is 5.92 Å². The maximum atomic E-state index is 10.6. The van der Waals surface area contributed by atoms with Crippen LogP contribution in [0.4, 0.5) is 0 Å². The van der Waals surface area contributed by atoms with E-state index in [9.17, 15) is 9.90 Å². The number of carbonyl (C=O) groups excluding carboxylic acids is 1. The molecule has 1 rings (SSSR count). The number of aliphatic hydroxyl groups excluding tert-OH is 1. The maximum Gasteiger partial charge on any atom is 0.247 e. The van der Waals surface area contributed by atoms with E-state index in [1.807, 2.05) is 0 Å². The van der Waals surface area contributed by atoms with Gasteiger partial charge in [0, 0.05) is 12.6 Å². The van der Waals surface area contributed by atoms with E-state index in [2.05, 4.69) is 12.2 Å². The normalized spacial score (nSPS) is 22.3. The summed E-state index contributed by atoms with van der Waals surface area (Å²) in [6, 6.07) is 0.360. The molecule has 1 fully saturated rings. The molecule has 0 aromatic rings. The first kappa shape index (κ1) is 12.5. The highest BCUT2D eigenvalue weighted by atomic mass is 16.3. The minimum absolute atomic E-state index is 0.271. The molecule has 4 heteroatoms. The van der Waals surface area contributed by atoms with Gasteiger partial charge in [-0.3, -0.25) is 4.79 Å². The van der Waals surface area contributed by atoms with Gasteiger partial charge < -0.3 is 16.2 Å². The van der Waals surface area contributed by atoms with Crippen LogP contribution in [0.25, 0.3) is 0 Å². The number of primary amides is 1. The molecular formula is C11H22N2O2. The van der Waals surface area contributed by atoms with Crippen LogP contribution >= 0.6 is 0 Å². The van der Waals surface area contributed by atoms with Gasteiger partial charge in [-0.25, -0.2) is 0 Å². The maximum absolute atomic E-state index is 10.6. The van der Waals surface area contributed by atoms with Crippen LogP contribution in [0.2, 0.25) is 0 Å². The molecule has 88 valence electrons. The van der Waals surface area contributed by atoms with E-state index in [0.29, 0.717) is 12.0 Å². The molecule has 1 aliphatic carbocycles. The number of rotatable bonds is 5. The minimum atomic E-state index is -1.06. The fourth-order valence-electron chi connectivity index (χ4n) is 2.20. The lowest BCUT2D eigenvalue weighted by atomic mass is 9.84. The second kappa shape index (κ2) is 6.08. The van der Waals surface area contributed by atoms with Crippen LogP contribution in [-0.4, -0.2) is 29.7 Å². The summed E-state index contributed by atoms with van der Waals surface area (Å²) in [7, 11) is 0. The highest BCUT2D eigenvalue weighted by Gasteiger charge is 2.21. The molecule has 0 heterocycles. The fourth-order valence-corrected chi connectivity index (χ4v) is 2.20. The Morgan fingerprint density at radius 3 is 2.60 bits per heavy atom. The highest BCUT2D eigenvalue weighted by Crippen LogP contribution is 2.26. The predicted molar refractivity (Wildman–Crippen MR) is 59.2 cm³/mol. The van der Waals surface area contributed by atoms with Gasteiger partial charge in [-0.05, 0) is 25.7 Å². The molecular weight excluding hydrogens is 192 g/mol.